The van der Waals surface area contributed by atoms with Crippen LogP contribution in [0, 0.1) is 22.7 Å². The molecule has 1 fully saturated rings. The maximum Gasteiger partial charge on any atom is 0.338 e. The molecule has 0 amide bonds. The largest absolute Gasteiger partial charge is 0.458 e. The fraction of sp³-hybridized carbons (Fsp3) is 0.591. The maximum atomic E-state index is 12.9. The summed E-state index contributed by atoms with van der Waals surface area (Å²) < 4.78 is 7.27. The number of rotatable bonds is 3. The average molecular weight is 405 g/mol. The first-order valence-electron chi connectivity index (χ1n) is 9.44. The van der Waals surface area contributed by atoms with Crippen LogP contribution in [0.2, 0.25) is 0 Å². The van der Waals surface area contributed by atoms with E-state index >= 15 is 0 Å². The van der Waals surface area contributed by atoms with Crippen LogP contribution in [-0.4, -0.2) is 12.1 Å². The highest BCUT2D eigenvalue weighted by Crippen LogP contribution is 2.59. The predicted octanol–water partition coefficient (Wildman–Crippen LogP) is 6.40. The monoisotopic (exact) mass is 404 g/mol. The third-order valence-electron chi connectivity index (χ3n) is 6.65. The van der Waals surface area contributed by atoms with Gasteiger partial charge in [-0.2, -0.15) is 0 Å². The van der Waals surface area contributed by atoms with Crippen LogP contribution < -0.4 is 0 Å². The van der Waals surface area contributed by atoms with Gasteiger partial charge in [-0.05, 0) is 61.8 Å². The molecule has 3 rings (SSSR count). The van der Waals surface area contributed by atoms with Crippen molar-refractivity contribution in [3.63, 3.8) is 0 Å². The Labute approximate surface area is 160 Å². The summed E-state index contributed by atoms with van der Waals surface area (Å²) in [5, 5.41) is 0. The summed E-state index contributed by atoms with van der Waals surface area (Å²) in [6, 6.07) is 7.46. The van der Waals surface area contributed by atoms with Crippen LogP contribution in [0.4, 0.5) is 0 Å². The lowest BCUT2D eigenvalue weighted by atomic mass is 9.60. The molecule has 25 heavy (non-hydrogen) atoms. The molecule has 2 nitrogen and oxygen atoms in total. The summed E-state index contributed by atoms with van der Waals surface area (Å²) in [7, 11) is 0. The number of carbonyl (C=O) groups is 1. The molecule has 0 aliphatic heterocycles. The molecule has 136 valence electrons. The molecule has 2 aliphatic carbocycles. The van der Waals surface area contributed by atoms with Crippen molar-refractivity contribution in [2.75, 3.05) is 0 Å². The Hall–Kier alpha value is -1.09. The van der Waals surface area contributed by atoms with Crippen LogP contribution >= 0.6 is 15.9 Å². The van der Waals surface area contributed by atoms with Gasteiger partial charge in [0.1, 0.15) is 6.10 Å². The normalized spacial score (nSPS) is 33.6. The molecule has 0 spiro atoms. The first-order valence-corrected chi connectivity index (χ1v) is 10.2. The van der Waals surface area contributed by atoms with Crippen molar-refractivity contribution in [1.29, 1.82) is 0 Å². The minimum Gasteiger partial charge on any atom is -0.458 e. The van der Waals surface area contributed by atoms with E-state index in [1.54, 1.807) is 0 Å². The predicted molar refractivity (Wildman–Crippen MR) is 105 cm³/mol. The van der Waals surface area contributed by atoms with Gasteiger partial charge in [-0.15, -0.1) is 0 Å². The minimum absolute atomic E-state index is 0.0432. The van der Waals surface area contributed by atoms with Crippen molar-refractivity contribution in [1.82, 2.24) is 0 Å². The highest BCUT2D eigenvalue weighted by atomic mass is 79.9. The van der Waals surface area contributed by atoms with Crippen LogP contribution in [0.25, 0.3) is 0 Å². The molecule has 0 N–H and O–H groups in total. The highest BCUT2D eigenvalue weighted by molar-refractivity contribution is 9.10. The molecule has 0 radical (unpaired) electrons. The summed E-state index contributed by atoms with van der Waals surface area (Å²) >= 11 is 3.43. The second-order valence-electron chi connectivity index (χ2n) is 8.46. The van der Waals surface area contributed by atoms with E-state index in [1.165, 1.54) is 12.8 Å². The van der Waals surface area contributed by atoms with Crippen molar-refractivity contribution >= 4 is 21.9 Å². The second-order valence-corrected chi connectivity index (χ2v) is 9.38. The van der Waals surface area contributed by atoms with Crippen LogP contribution in [0.15, 0.2) is 40.9 Å². The van der Waals surface area contributed by atoms with E-state index in [0.717, 1.165) is 17.3 Å². The average Bonchev–Trinajstić information content (AvgIpc) is 2.83. The fourth-order valence-corrected chi connectivity index (χ4v) is 5.52. The van der Waals surface area contributed by atoms with Gasteiger partial charge in [0, 0.05) is 15.3 Å². The molecule has 0 bridgehead atoms. The summed E-state index contributed by atoms with van der Waals surface area (Å²) in [6.07, 6.45) is 9.07. The van der Waals surface area contributed by atoms with Crippen molar-refractivity contribution < 1.29 is 9.53 Å². The number of esters is 1. The first kappa shape index (κ1) is 18.7. The molecule has 0 saturated heterocycles. The molecule has 1 saturated carbocycles. The Morgan fingerprint density at radius 3 is 2.56 bits per heavy atom. The molecule has 0 aromatic heterocycles. The van der Waals surface area contributed by atoms with Gasteiger partial charge >= 0.3 is 5.97 Å². The van der Waals surface area contributed by atoms with E-state index in [-0.39, 0.29) is 22.9 Å². The minimum atomic E-state index is -0.196. The van der Waals surface area contributed by atoms with Crippen molar-refractivity contribution in [3.8, 4) is 0 Å². The Morgan fingerprint density at radius 2 is 1.92 bits per heavy atom. The van der Waals surface area contributed by atoms with Crippen molar-refractivity contribution in [2.45, 2.75) is 59.5 Å². The summed E-state index contributed by atoms with van der Waals surface area (Å²) in [6.45, 7) is 9.12. The Kier molecular flexibility index (Phi) is 5.16. The van der Waals surface area contributed by atoms with Crippen molar-refractivity contribution in [2.24, 2.45) is 22.7 Å². The summed E-state index contributed by atoms with van der Waals surface area (Å²) in [5.74, 6) is 0.877. The zero-order valence-corrected chi connectivity index (χ0v) is 17.3. The van der Waals surface area contributed by atoms with Gasteiger partial charge in [0.25, 0.3) is 0 Å². The number of halogens is 1. The highest BCUT2D eigenvalue weighted by Gasteiger charge is 2.57. The van der Waals surface area contributed by atoms with Crippen LogP contribution in [0.1, 0.15) is 63.7 Å². The molecule has 1 aromatic rings. The molecule has 3 heteroatoms. The standard InChI is InChI=1S/C22H29BrO2/c1-5-22-15(2)8-11-17(22)7-6-14-21(3,4)20(22)25-19(24)16-9-12-18(23)13-10-16/h6-7,9-10,12-13,15,17,20H,5,8,11,14H2,1-4H3/t15-,17+,20+,22+/m1/s1. The Morgan fingerprint density at radius 1 is 1.24 bits per heavy atom. The number of hydrogen-bond acceptors (Lipinski definition) is 2. The number of benzene rings is 1. The molecule has 0 unspecified atom stereocenters. The van der Waals surface area contributed by atoms with E-state index in [0.29, 0.717) is 17.4 Å². The topological polar surface area (TPSA) is 26.3 Å². The smallest absolute Gasteiger partial charge is 0.338 e. The lowest BCUT2D eigenvalue weighted by Gasteiger charge is -2.48. The lowest BCUT2D eigenvalue weighted by Crippen LogP contribution is -2.51. The number of hydrogen-bond donors (Lipinski definition) is 0. The fourth-order valence-electron chi connectivity index (χ4n) is 5.26. The Bertz CT molecular complexity index is 661. The molecular weight excluding hydrogens is 376 g/mol. The van der Waals surface area contributed by atoms with Gasteiger partial charge in [-0.1, -0.05) is 55.8 Å². The zero-order valence-electron chi connectivity index (χ0n) is 15.7. The van der Waals surface area contributed by atoms with Gasteiger partial charge in [0.15, 0.2) is 0 Å². The third-order valence-corrected chi connectivity index (χ3v) is 7.17. The number of ether oxygens (including phenoxy) is 1. The summed E-state index contributed by atoms with van der Waals surface area (Å²) in [5.41, 5.74) is 0.608. The van der Waals surface area contributed by atoms with Gasteiger partial charge in [0.2, 0.25) is 0 Å². The van der Waals surface area contributed by atoms with Gasteiger partial charge in [0.05, 0.1) is 5.56 Å². The van der Waals surface area contributed by atoms with Gasteiger partial charge < -0.3 is 4.74 Å². The number of allylic oxidation sites excluding steroid dienone is 2. The summed E-state index contributed by atoms with van der Waals surface area (Å²) in [4.78, 5) is 12.9. The quantitative estimate of drug-likeness (QED) is 0.429. The van der Waals surface area contributed by atoms with E-state index < -0.39 is 0 Å². The van der Waals surface area contributed by atoms with E-state index in [9.17, 15) is 4.79 Å². The molecule has 1 aromatic carbocycles. The SMILES string of the molecule is CC[C@]12[C@H](C)CC[C@@H]1C=CCC(C)(C)[C@@H]2OC(=O)c1ccc(Br)cc1. The van der Waals surface area contributed by atoms with Gasteiger partial charge in [-0.25, -0.2) is 4.79 Å². The van der Waals surface area contributed by atoms with Crippen LogP contribution in [0.3, 0.4) is 0 Å². The Balaban J connectivity index is 1.97. The lowest BCUT2D eigenvalue weighted by molar-refractivity contribution is -0.0997. The molecular formula is C22H29BrO2. The maximum absolute atomic E-state index is 12.9. The first-order chi connectivity index (χ1) is 11.8. The van der Waals surface area contributed by atoms with Crippen LogP contribution in [0.5, 0.6) is 0 Å². The molecule has 2 aliphatic rings. The van der Waals surface area contributed by atoms with Crippen molar-refractivity contribution in [3.05, 3.63) is 46.5 Å². The van der Waals surface area contributed by atoms with E-state index in [2.05, 4.69) is 55.8 Å². The molecule has 4 atom stereocenters. The second kappa shape index (κ2) is 6.90. The van der Waals surface area contributed by atoms with E-state index in [1.807, 2.05) is 24.3 Å². The van der Waals surface area contributed by atoms with Crippen LogP contribution in [-0.2, 0) is 4.74 Å². The van der Waals surface area contributed by atoms with Gasteiger partial charge in [-0.3, -0.25) is 0 Å². The number of carbonyl (C=O) groups excluding carboxylic acids is 1. The zero-order chi connectivity index (χ0) is 18.2. The number of fused-ring (bicyclic) bond motifs is 1. The molecule has 0 heterocycles. The third kappa shape index (κ3) is 3.20. The van der Waals surface area contributed by atoms with E-state index in [4.69, 9.17) is 4.74 Å².